The van der Waals surface area contributed by atoms with Gasteiger partial charge in [-0.05, 0) is 43.2 Å². The van der Waals surface area contributed by atoms with Crippen molar-refractivity contribution in [1.82, 2.24) is 20.5 Å². The minimum atomic E-state index is -0.330. The first-order valence-corrected chi connectivity index (χ1v) is 12.6. The molecular weight excluding hydrogens is 432 g/mol. The van der Waals surface area contributed by atoms with Crippen LogP contribution in [0.4, 0.5) is 0 Å². The number of rotatable bonds is 7. The molecule has 2 heterocycles. The van der Waals surface area contributed by atoms with Crippen molar-refractivity contribution in [2.75, 3.05) is 13.1 Å². The van der Waals surface area contributed by atoms with Crippen LogP contribution in [0.3, 0.4) is 0 Å². The van der Waals surface area contributed by atoms with Crippen molar-refractivity contribution in [2.24, 2.45) is 5.41 Å². The molecule has 0 radical (unpaired) electrons. The number of nitrogens with one attached hydrogen (secondary N) is 2. The smallest absolute Gasteiger partial charge is 0.243 e. The van der Waals surface area contributed by atoms with E-state index in [2.05, 4.69) is 62.4 Å². The number of carbonyl (C=O) groups is 2. The molecular formula is C26H40N4O2S. The van der Waals surface area contributed by atoms with Gasteiger partial charge in [0.05, 0.1) is 22.1 Å². The molecule has 33 heavy (non-hydrogen) atoms. The van der Waals surface area contributed by atoms with Crippen LogP contribution in [0.5, 0.6) is 0 Å². The lowest BCUT2D eigenvalue weighted by molar-refractivity contribution is -0.131. The van der Waals surface area contributed by atoms with Crippen LogP contribution in [0.15, 0.2) is 29.8 Å². The quantitative estimate of drug-likeness (QED) is 0.559. The molecule has 3 rings (SSSR count). The maximum absolute atomic E-state index is 12.4. The molecule has 0 bridgehead atoms. The summed E-state index contributed by atoms with van der Waals surface area (Å²) in [7, 11) is 0. The first kappa shape index (κ1) is 27.0. The van der Waals surface area contributed by atoms with Gasteiger partial charge in [-0.2, -0.15) is 0 Å². The van der Waals surface area contributed by atoms with E-state index in [1.54, 1.807) is 16.2 Å². The van der Waals surface area contributed by atoms with E-state index in [0.29, 0.717) is 18.0 Å². The van der Waals surface area contributed by atoms with Crippen LogP contribution in [0.25, 0.3) is 10.4 Å². The first-order valence-electron chi connectivity index (χ1n) is 11.8. The van der Waals surface area contributed by atoms with E-state index in [4.69, 9.17) is 0 Å². The first-order chi connectivity index (χ1) is 15.5. The summed E-state index contributed by atoms with van der Waals surface area (Å²) in [5, 5.41) is 6.40. The maximum Gasteiger partial charge on any atom is 0.243 e. The molecule has 1 aliphatic heterocycles. The second-order valence-corrected chi connectivity index (χ2v) is 11.1. The van der Waals surface area contributed by atoms with Crippen LogP contribution in [-0.4, -0.2) is 47.4 Å². The Kier molecular flexibility index (Phi) is 10.0. The Hall–Kier alpha value is -2.25. The second kappa shape index (κ2) is 12.3. The average molecular weight is 473 g/mol. The van der Waals surface area contributed by atoms with Gasteiger partial charge in [0.2, 0.25) is 12.3 Å². The Morgan fingerprint density at radius 3 is 2.39 bits per heavy atom. The van der Waals surface area contributed by atoms with Gasteiger partial charge < -0.3 is 15.5 Å². The highest BCUT2D eigenvalue weighted by Gasteiger charge is 2.30. The molecule has 182 valence electrons. The molecule has 2 N–H and O–H groups in total. The number of aryl methyl sites for hydroxylation is 1. The van der Waals surface area contributed by atoms with E-state index >= 15 is 0 Å². The van der Waals surface area contributed by atoms with Gasteiger partial charge in [0.25, 0.3) is 0 Å². The SMILES string of the molecule is CC(C)NCC(C)(C)C.Cc1ncsc1-c1ccc(C(C)NC(=O)C2CCCN2C=O)cc1. The molecule has 6 nitrogen and oxygen atoms in total. The van der Waals surface area contributed by atoms with Crippen LogP contribution in [0, 0.1) is 12.3 Å². The van der Waals surface area contributed by atoms with Crippen molar-refractivity contribution in [1.29, 1.82) is 0 Å². The van der Waals surface area contributed by atoms with E-state index in [9.17, 15) is 9.59 Å². The van der Waals surface area contributed by atoms with Gasteiger partial charge in [-0.15, -0.1) is 11.3 Å². The standard InChI is InChI=1S/C18H21N3O2S.C8H19N/c1-12(20-18(23)16-4-3-9-21(16)11-22)14-5-7-15(8-6-14)17-13(2)19-10-24-17;1-7(2)9-6-8(3,4)5/h5-8,10-12,16H,3-4,9H2,1-2H3,(H,20,23);7,9H,6H2,1-5H3. The molecule has 2 amide bonds. The monoisotopic (exact) mass is 472 g/mol. The van der Waals surface area contributed by atoms with Gasteiger partial charge in [0.15, 0.2) is 0 Å². The van der Waals surface area contributed by atoms with Gasteiger partial charge in [0.1, 0.15) is 6.04 Å². The highest BCUT2D eigenvalue weighted by molar-refractivity contribution is 7.13. The molecule has 0 saturated carbocycles. The number of likely N-dealkylation sites (tertiary alicyclic amines) is 1. The molecule has 0 aliphatic carbocycles. The van der Waals surface area contributed by atoms with E-state index in [1.165, 1.54) is 4.88 Å². The van der Waals surface area contributed by atoms with Crippen LogP contribution in [-0.2, 0) is 9.59 Å². The predicted molar refractivity (Wildman–Crippen MR) is 137 cm³/mol. The fraction of sp³-hybridized carbons (Fsp3) is 0.577. The Balaban J connectivity index is 0.000000365. The van der Waals surface area contributed by atoms with E-state index < -0.39 is 0 Å². The lowest BCUT2D eigenvalue weighted by atomic mass is 9.97. The number of aromatic nitrogens is 1. The Labute approximate surface area is 203 Å². The fourth-order valence-corrected chi connectivity index (χ4v) is 4.41. The van der Waals surface area contributed by atoms with Gasteiger partial charge >= 0.3 is 0 Å². The summed E-state index contributed by atoms with van der Waals surface area (Å²) in [5.41, 5.74) is 5.49. The van der Waals surface area contributed by atoms with Crippen molar-refractivity contribution in [3.8, 4) is 10.4 Å². The summed E-state index contributed by atoms with van der Waals surface area (Å²) in [6.45, 7) is 16.8. The molecule has 2 unspecified atom stereocenters. The molecule has 1 aromatic carbocycles. The van der Waals surface area contributed by atoms with E-state index in [1.807, 2.05) is 31.5 Å². The largest absolute Gasteiger partial charge is 0.348 e. The van der Waals surface area contributed by atoms with Crippen LogP contribution in [0.1, 0.15) is 71.7 Å². The third-order valence-corrected chi connectivity index (χ3v) is 6.53. The van der Waals surface area contributed by atoms with Gasteiger partial charge in [-0.25, -0.2) is 4.98 Å². The summed E-state index contributed by atoms with van der Waals surface area (Å²) in [5.74, 6) is -0.0746. The average Bonchev–Trinajstić information content (AvgIpc) is 3.41. The normalized spacial score (nSPS) is 16.8. The number of hydrogen-bond acceptors (Lipinski definition) is 5. The Morgan fingerprint density at radius 1 is 1.24 bits per heavy atom. The van der Waals surface area contributed by atoms with Crippen LogP contribution < -0.4 is 10.6 Å². The number of thiazole rings is 1. The molecule has 0 spiro atoms. The third-order valence-electron chi connectivity index (χ3n) is 5.55. The highest BCUT2D eigenvalue weighted by atomic mass is 32.1. The molecule has 2 aromatic rings. The third kappa shape index (κ3) is 8.55. The Morgan fingerprint density at radius 2 is 1.91 bits per heavy atom. The molecule has 1 fully saturated rings. The van der Waals surface area contributed by atoms with E-state index in [0.717, 1.165) is 42.6 Å². The van der Waals surface area contributed by atoms with Gasteiger partial charge in [-0.3, -0.25) is 9.59 Å². The van der Waals surface area contributed by atoms with E-state index in [-0.39, 0.29) is 18.0 Å². The number of benzene rings is 1. The zero-order chi connectivity index (χ0) is 24.6. The van der Waals surface area contributed by atoms with Crippen LogP contribution >= 0.6 is 11.3 Å². The molecule has 7 heteroatoms. The van der Waals surface area contributed by atoms with Crippen LogP contribution in [0.2, 0.25) is 0 Å². The second-order valence-electron chi connectivity index (χ2n) is 10.2. The summed E-state index contributed by atoms with van der Waals surface area (Å²) in [6.07, 6.45) is 2.39. The van der Waals surface area contributed by atoms with Gasteiger partial charge in [0, 0.05) is 19.1 Å². The molecule has 1 aliphatic rings. The zero-order valence-electron chi connectivity index (χ0n) is 21.1. The van der Waals surface area contributed by atoms with Crippen molar-refractivity contribution in [3.05, 3.63) is 41.0 Å². The number of nitrogens with zero attached hydrogens (tertiary/aromatic N) is 2. The zero-order valence-corrected chi connectivity index (χ0v) is 22.0. The van der Waals surface area contributed by atoms with Crippen molar-refractivity contribution in [3.63, 3.8) is 0 Å². The Bertz CT molecular complexity index is 886. The molecule has 2 atom stereocenters. The van der Waals surface area contributed by atoms with Crippen molar-refractivity contribution in [2.45, 2.75) is 79.4 Å². The summed E-state index contributed by atoms with van der Waals surface area (Å²) in [4.78, 5) is 30.4. The van der Waals surface area contributed by atoms with Crippen molar-refractivity contribution < 1.29 is 9.59 Å². The fourth-order valence-electron chi connectivity index (χ4n) is 3.60. The topological polar surface area (TPSA) is 74.3 Å². The summed E-state index contributed by atoms with van der Waals surface area (Å²) in [6, 6.07) is 8.38. The van der Waals surface area contributed by atoms with Crippen molar-refractivity contribution >= 4 is 23.7 Å². The lowest BCUT2D eigenvalue weighted by Crippen LogP contribution is -2.43. The van der Waals surface area contributed by atoms with Gasteiger partial charge in [-0.1, -0.05) is 58.9 Å². The minimum Gasteiger partial charge on any atom is -0.348 e. The minimum absolute atomic E-state index is 0.0746. The lowest BCUT2D eigenvalue weighted by Gasteiger charge is -2.22. The summed E-state index contributed by atoms with van der Waals surface area (Å²) < 4.78 is 0. The molecule has 1 saturated heterocycles. The summed E-state index contributed by atoms with van der Waals surface area (Å²) >= 11 is 1.63. The molecule has 1 aromatic heterocycles. The number of amides is 2. The predicted octanol–water partition coefficient (Wildman–Crippen LogP) is 4.95. The highest BCUT2D eigenvalue weighted by Crippen LogP contribution is 2.28. The number of carbonyl (C=O) groups excluding carboxylic acids is 2. The number of hydrogen-bond donors (Lipinski definition) is 2. The maximum atomic E-state index is 12.4.